The van der Waals surface area contributed by atoms with Gasteiger partial charge in [0.2, 0.25) is 0 Å². The zero-order valence-electron chi connectivity index (χ0n) is 41.3. The Morgan fingerprint density at radius 2 is 0.921 bits per heavy atom. The van der Waals surface area contributed by atoms with E-state index in [4.69, 9.17) is 18.5 Å². The molecule has 0 aliphatic rings. The van der Waals surface area contributed by atoms with Crippen molar-refractivity contribution in [2.75, 3.05) is 54.1 Å². The monoisotopic (exact) mass is 903 g/mol. The topological polar surface area (TPSA) is 91.3 Å². The van der Waals surface area contributed by atoms with Gasteiger partial charge in [0.15, 0.2) is 0 Å². The van der Waals surface area contributed by atoms with Gasteiger partial charge in [-0.05, 0) is 70.6 Å². The molecule has 0 aromatic rings. The second-order valence-electron chi connectivity index (χ2n) is 17.8. The van der Waals surface area contributed by atoms with Crippen molar-refractivity contribution in [3.05, 3.63) is 85.1 Å². The minimum absolute atomic E-state index is 0.0768. The van der Waals surface area contributed by atoms with Crippen molar-refractivity contribution in [1.82, 2.24) is 0 Å². The summed E-state index contributed by atoms with van der Waals surface area (Å²) in [6, 6.07) is 0. The average Bonchev–Trinajstić information content (AvgIpc) is 3.24. The van der Waals surface area contributed by atoms with Crippen LogP contribution >= 0.6 is 7.82 Å². The fourth-order valence-electron chi connectivity index (χ4n) is 6.59. The first-order valence-electron chi connectivity index (χ1n) is 25.3. The van der Waals surface area contributed by atoms with E-state index in [2.05, 4.69) is 98.9 Å². The lowest BCUT2D eigenvalue weighted by Gasteiger charge is -2.24. The van der Waals surface area contributed by atoms with Crippen LogP contribution in [0.3, 0.4) is 0 Å². The molecule has 0 aliphatic heterocycles. The third kappa shape index (κ3) is 50.5. The highest BCUT2D eigenvalue weighted by Gasteiger charge is 2.26. The number of ether oxygens (including phenoxy) is 2. The molecule has 0 heterocycles. The van der Waals surface area contributed by atoms with Gasteiger partial charge < -0.3 is 18.9 Å². The van der Waals surface area contributed by atoms with Crippen LogP contribution in [0.4, 0.5) is 0 Å². The van der Waals surface area contributed by atoms with Gasteiger partial charge in [0.1, 0.15) is 19.3 Å². The minimum Gasteiger partial charge on any atom is -0.457 e. The van der Waals surface area contributed by atoms with Crippen molar-refractivity contribution >= 4 is 13.8 Å². The Labute approximate surface area is 388 Å². The number of phosphoric acid groups is 1. The molecule has 9 heteroatoms. The highest BCUT2D eigenvalue weighted by molar-refractivity contribution is 7.47. The third-order valence-electron chi connectivity index (χ3n) is 10.5. The molecule has 0 amide bonds. The van der Waals surface area contributed by atoms with Gasteiger partial charge in [-0.2, -0.15) is 0 Å². The van der Waals surface area contributed by atoms with E-state index in [0.717, 1.165) is 83.5 Å². The molecule has 8 nitrogen and oxygen atoms in total. The van der Waals surface area contributed by atoms with E-state index in [9.17, 15) is 14.3 Å². The number of unbranched alkanes of at least 4 members (excludes halogenated alkanes) is 18. The summed E-state index contributed by atoms with van der Waals surface area (Å²) >= 11 is 0. The summed E-state index contributed by atoms with van der Waals surface area (Å²) < 4.78 is 35.1. The van der Waals surface area contributed by atoms with Gasteiger partial charge in [0.05, 0.1) is 34.4 Å². The first-order valence-corrected chi connectivity index (χ1v) is 26.8. The molecule has 364 valence electrons. The predicted octanol–water partition coefficient (Wildman–Crippen LogP) is 15.6. The Morgan fingerprint density at radius 1 is 0.508 bits per heavy atom. The van der Waals surface area contributed by atoms with Crippen molar-refractivity contribution in [2.45, 2.75) is 200 Å². The number of likely N-dealkylation sites (N-methyl/N-ethyl adjacent to an activating group) is 1. The summed E-state index contributed by atoms with van der Waals surface area (Å²) in [5.41, 5.74) is 0. The zero-order valence-corrected chi connectivity index (χ0v) is 42.2. The van der Waals surface area contributed by atoms with E-state index >= 15 is 0 Å². The van der Waals surface area contributed by atoms with Crippen LogP contribution in [0.15, 0.2) is 85.1 Å². The SMILES string of the molecule is CC/C=C\C/C=C\C/C=C\C/C=C\C/C=C\C/C=C\C/C=C\CCCCOCC(COP(=O)(O)OCC[N+](C)(C)C)OC(=O)CCCCCCCCCCCCCCCCCCC. The summed E-state index contributed by atoms with van der Waals surface area (Å²) in [7, 11) is 1.63. The highest BCUT2D eigenvalue weighted by atomic mass is 31.2. The molecule has 0 bridgehead atoms. The van der Waals surface area contributed by atoms with E-state index in [1.54, 1.807) is 0 Å². The Morgan fingerprint density at radius 3 is 1.35 bits per heavy atom. The van der Waals surface area contributed by atoms with Crippen molar-refractivity contribution in [2.24, 2.45) is 0 Å². The molecule has 2 unspecified atom stereocenters. The second-order valence-corrected chi connectivity index (χ2v) is 19.3. The van der Waals surface area contributed by atoms with Crippen LogP contribution < -0.4 is 0 Å². The molecule has 0 radical (unpaired) electrons. The van der Waals surface area contributed by atoms with E-state index in [1.807, 2.05) is 21.1 Å². The molecule has 0 saturated heterocycles. The summed E-state index contributed by atoms with van der Waals surface area (Å²) in [5.74, 6) is -0.330. The molecule has 0 rings (SSSR count). The Hall–Kier alpha value is -2.32. The quantitative estimate of drug-likeness (QED) is 0.0214. The Kier molecular flexibility index (Phi) is 44.5. The van der Waals surface area contributed by atoms with E-state index in [1.165, 1.54) is 89.9 Å². The first kappa shape index (κ1) is 60.7. The molecule has 0 aromatic carbocycles. The molecular weight excluding hydrogens is 806 g/mol. The van der Waals surface area contributed by atoms with Crippen molar-refractivity contribution < 1.29 is 37.3 Å². The van der Waals surface area contributed by atoms with Crippen LogP contribution in [0.5, 0.6) is 0 Å². The van der Waals surface area contributed by atoms with Gasteiger partial charge in [0.25, 0.3) is 0 Å². The fourth-order valence-corrected chi connectivity index (χ4v) is 7.33. The van der Waals surface area contributed by atoms with Gasteiger partial charge in [-0.25, -0.2) is 4.57 Å². The first-order chi connectivity index (χ1) is 30.6. The molecule has 0 fully saturated rings. The predicted molar refractivity (Wildman–Crippen MR) is 270 cm³/mol. The van der Waals surface area contributed by atoms with Crippen molar-refractivity contribution in [3.63, 3.8) is 0 Å². The number of nitrogens with zero attached hydrogens (tertiary/aromatic N) is 1. The molecule has 0 saturated carbocycles. The number of allylic oxidation sites excluding steroid dienone is 14. The Balaban J connectivity index is 4.26. The average molecular weight is 903 g/mol. The molecular formula is C54H97NO7P+. The van der Waals surface area contributed by atoms with Crippen LogP contribution in [0.1, 0.15) is 194 Å². The maximum Gasteiger partial charge on any atom is 0.472 e. The number of hydrogen-bond acceptors (Lipinski definition) is 6. The van der Waals surface area contributed by atoms with Crippen LogP contribution in [-0.4, -0.2) is 75.6 Å². The normalized spacial score (nSPS) is 14.3. The maximum atomic E-state index is 12.7. The van der Waals surface area contributed by atoms with Crippen molar-refractivity contribution in [3.8, 4) is 0 Å². The molecule has 1 N–H and O–H groups in total. The van der Waals surface area contributed by atoms with Crippen LogP contribution in [0.2, 0.25) is 0 Å². The molecule has 2 atom stereocenters. The van der Waals surface area contributed by atoms with Gasteiger partial charge in [-0.15, -0.1) is 0 Å². The second kappa shape index (κ2) is 46.2. The number of rotatable bonds is 46. The number of esters is 1. The molecule has 0 spiro atoms. The number of hydrogen-bond donors (Lipinski definition) is 1. The highest BCUT2D eigenvalue weighted by Crippen LogP contribution is 2.43. The summed E-state index contributed by atoms with van der Waals surface area (Å²) in [4.78, 5) is 23.0. The molecule has 0 aliphatic carbocycles. The van der Waals surface area contributed by atoms with Gasteiger partial charge >= 0.3 is 13.8 Å². The number of phosphoric ester groups is 1. The van der Waals surface area contributed by atoms with Gasteiger partial charge in [-0.3, -0.25) is 13.8 Å². The lowest BCUT2D eigenvalue weighted by atomic mass is 10.0. The van der Waals surface area contributed by atoms with Crippen LogP contribution in [-0.2, 0) is 27.9 Å². The van der Waals surface area contributed by atoms with Gasteiger partial charge in [-0.1, -0.05) is 202 Å². The smallest absolute Gasteiger partial charge is 0.457 e. The minimum atomic E-state index is -4.30. The van der Waals surface area contributed by atoms with Crippen molar-refractivity contribution in [1.29, 1.82) is 0 Å². The van der Waals surface area contributed by atoms with Gasteiger partial charge in [0, 0.05) is 13.0 Å². The van der Waals surface area contributed by atoms with E-state index in [-0.39, 0.29) is 25.8 Å². The lowest BCUT2D eigenvalue weighted by Crippen LogP contribution is -2.37. The largest absolute Gasteiger partial charge is 0.472 e. The fraction of sp³-hybridized carbons (Fsp3) is 0.722. The standard InChI is InChI=1S/C54H96NO7P/c1-6-8-10-12-14-16-18-20-22-24-25-26-27-28-29-30-32-34-36-38-40-42-44-46-49-59-51-53(52-61-63(57,58)60-50-48-55(3,4)5)62-54(56)47-45-43-41-39-37-35-33-31-23-21-19-17-15-13-11-9-7-2/h8,10,14,16,20,22,25-26,28-29,32,34,38,40,53H,6-7,9,11-13,15,17-19,21,23-24,27,30-31,33,35-37,39,41-52H2,1-5H3/p+1/b10-8-,16-14-,22-20-,26-25-,29-28-,34-32-,40-38-. The third-order valence-corrected chi connectivity index (χ3v) is 11.5. The number of carbonyl (C=O) groups excluding carboxylic acids is 1. The molecule has 0 aromatic heterocycles. The zero-order chi connectivity index (χ0) is 46.2. The van der Waals surface area contributed by atoms with E-state index < -0.39 is 13.9 Å². The maximum absolute atomic E-state index is 12.7. The number of carbonyl (C=O) groups is 1. The lowest BCUT2D eigenvalue weighted by molar-refractivity contribution is -0.870. The summed E-state index contributed by atoms with van der Waals surface area (Å²) in [5, 5.41) is 0. The van der Waals surface area contributed by atoms with Crippen LogP contribution in [0.25, 0.3) is 0 Å². The number of quaternary nitrogens is 1. The van der Waals surface area contributed by atoms with Crippen LogP contribution in [0, 0.1) is 0 Å². The summed E-state index contributed by atoms with van der Waals surface area (Å²) in [6.07, 6.45) is 62.1. The van der Waals surface area contributed by atoms with E-state index in [0.29, 0.717) is 24.1 Å². The Bertz CT molecular complexity index is 1280. The summed E-state index contributed by atoms with van der Waals surface area (Å²) in [6.45, 7) is 5.40. The molecule has 63 heavy (non-hydrogen) atoms.